The first kappa shape index (κ1) is 27.3. The third-order valence-electron chi connectivity index (χ3n) is 8.20. The van der Waals surface area contributed by atoms with Crippen LogP contribution in [0.15, 0.2) is 37.1 Å². The molecule has 40 heavy (non-hydrogen) atoms. The summed E-state index contributed by atoms with van der Waals surface area (Å²) < 4.78 is 5.58. The Balaban J connectivity index is 1.51. The molecule has 2 aliphatic rings. The van der Waals surface area contributed by atoms with Crippen LogP contribution >= 0.6 is 32.4 Å². The Bertz CT molecular complexity index is 1650. The Kier molecular flexibility index (Phi) is 7.20. The molecule has 8 nitrogen and oxygen atoms in total. The van der Waals surface area contributed by atoms with Crippen molar-refractivity contribution in [3.8, 4) is 11.1 Å². The first-order chi connectivity index (χ1) is 19.2. The summed E-state index contributed by atoms with van der Waals surface area (Å²) in [6.07, 6.45) is 3.32. The molecule has 6 rings (SSSR count). The van der Waals surface area contributed by atoms with Gasteiger partial charge in [-0.25, -0.2) is 4.98 Å². The Morgan fingerprint density at radius 1 is 1.15 bits per heavy atom. The van der Waals surface area contributed by atoms with Crippen molar-refractivity contribution in [1.29, 1.82) is 0 Å². The summed E-state index contributed by atoms with van der Waals surface area (Å²) in [6, 6.07) is 6.75. The highest BCUT2D eigenvalue weighted by atomic mass is 35.5. The maximum atomic E-state index is 12.4. The first-order valence-electron chi connectivity index (χ1n) is 13.4. The molecule has 2 fully saturated rings. The van der Waals surface area contributed by atoms with Gasteiger partial charge in [-0.2, -0.15) is 9.36 Å². The highest BCUT2D eigenvalue weighted by Crippen LogP contribution is 2.41. The van der Waals surface area contributed by atoms with Crippen LogP contribution in [0.1, 0.15) is 12.5 Å². The molecule has 4 aromatic rings. The normalized spacial score (nSPS) is 18.2. The molecule has 2 saturated heterocycles. The number of hydrogen-bond acceptors (Lipinski definition) is 8. The van der Waals surface area contributed by atoms with Crippen LogP contribution in [0.25, 0.3) is 32.1 Å². The van der Waals surface area contributed by atoms with Gasteiger partial charge in [0.05, 0.1) is 10.2 Å². The molecular formula is C29H33ClN7OPS. The molecule has 2 atom stereocenters. The summed E-state index contributed by atoms with van der Waals surface area (Å²) >= 11 is 8.60. The van der Waals surface area contributed by atoms with Crippen molar-refractivity contribution in [1.82, 2.24) is 24.1 Å². The van der Waals surface area contributed by atoms with Gasteiger partial charge in [-0.1, -0.05) is 24.2 Å². The molecule has 2 aromatic heterocycles. The third-order valence-corrected chi connectivity index (χ3v) is 9.83. The topological polar surface area (TPSA) is 68.7 Å². The predicted molar refractivity (Wildman–Crippen MR) is 171 cm³/mol. The van der Waals surface area contributed by atoms with Crippen molar-refractivity contribution < 1.29 is 4.79 Å². The third kappa shape index (κ3) is 4.53. The summed E-state index contributed by atoms with van der Waals surface area (Å²) in [5.74, 6) is 1.54. The Hall–Kier alpha value is -2.84. The van der Waals surface area contributed by atoms with Crippen molar-refractivity contribution in [2.45, 2.75) is 25.9 Å². The van der Waals surface area contributed by atoms with Gasteiger partial charge in [0, 0.05) is 77.7 Å². The molecule has 2 aromatic carbocycles. The lowest BCUT2D eigenvalue weighted by Gasteiger charge is -2.43. The summed E-state index contributed by atoms with van der Waals surface area (Å²) in [6.45, 7) is 11.5. The van der Waals surface area contributed by atoms with Crippen LogP contribution in [0.3, 0.4) is 0 Å². The van der Waals surface area contributed by atoms with E-state index in [1.807, 2.05) is 17.2 Å². The highest BCUT2D eigenvalue weighted by molar-refractivity contribution is 7.29. The number of halogens is 1. The lowest BCUT2D eigenvalue weighted by atomic mass is 9.96. The number of amides is 1. The van der Waals surface area contributed by atoms with E-state index >= 15 is 0 Å². The van der Waals surface area contributed by atoms with E-state index in [4.69, 9.17) is 21.6 Å². The Morgan fingerprint density at radius 3 is 2.62 bits per heavy atom. The molecule has 0 aliphatic carbocycles. The fourth-order valence-corrected chi connectivity index (χ4v) is 7.36. The number of benzene rings is 2. The van der Waals surface area contributed by atoms with E-state index in [2.05, 4.69) is 75.0 Å². The molecule has 0 spiro atoms. The molecule has 1 amide bonds. The van der Waals surface area contributed by atoms with E-state index in [0.29, 0.717) is 30.7 Å². The molecule has 0 radical (unpaired) electrons. The highest BCUT2D eigenvalue weighted by Gasteiger charge is 2.33. The van der Waals surface area contributed by atoms with E-state index in [1.54, 1.807) is 0 Å². The van der Waals surface area contributed by atoms with Gasteiger partial charge < -0.3 is 19.6 Å². The zero-order chi connectivity index (χ0) is 28.3. The first-order valence-corrected chi connectivity index (χ1v) is 15.1. The zero-order valence-electron chi connectivity index (χ0n) is 23.2. The van der Waals surface area contributed by atoms with Crippen molar-refractivity contribution in [3.05, 3.63) is 47.6 Å². The average molecular weight is 594 g/mol. The zero-order valence-corrected chi connectivity index (χ0v) is 25.9. The molecule has 4 heterocycles. The molecule has 0 bridgehead atoms. The monoisotopic (exact) mass is 593 g/mol. The minimum Gasteiger partial charge on any atom is -0.352 e. The molecule has 208 valence electrons. The molecular weight excluding hydrogens is 561 g/mol. The maximum absolute atomic E-state index is 12.4. The smallest absolute Gasteiger partial charge is 0.246 e. The number of piperazine rings is 1. The minimum atomic E-state index is -0.0388. The number of carbonyl (C=O) groups is 1. The number of aromatic nitrogens is 3. The van der Waals surface area contributed by atoms with Crippen LogP contribution in [0.4, 0.5) is 11.8 Å². The number of rotatable bonds is 5. The van der Waals surface area contributed by atoms with Crippen LogP contribution in [-0.2, 0) is 4.79 Å². The fraction of sp³-hybridized carbons (Fsp3) is 0.379. The van der Waals surface area contributed by atoms with Crippen LogP contribution in [0, 0.1) is 6.92 Å². The van der Waals surface area contributed by atoms with Gasteiger partial charge in [0.2, 0.25) is 11.9 Å². The van der Waals surface area contributed by atoms with Crippen molar-refractivity contribution in [2.75, 3.05) is 56.6 Å². The maximum Gasteiger partial charge on any atom is 0.246 e. The van der Waals surface area contributed by atoms with Gasteiger partial charge in [-0.05, 0) is 68.8 Å². The van der Waals surface area contributed by atoms with Crippen LogP contribution in [0.5, 0.6) is 0 Å². The largest absolute Gasteiger partial charge is 0.352 e. The second kappa shape index (κ2) is 10.5. The average Bonchev–Trinajstić information content (AvgIpc) is 3.37. The SMILES string of the molecule is C=CC(=O)N1CCN(c2nc(N3CC(N(C)C)C3)nc3c(P)c(-c4c(C)ccc5sncc45)c(Cl)cc23)C[C@H]1C. The molecule has 2 aliphatic heterocycles. The van der Waals surface area contributed by atoms with Crippen LogP contribution < -0.4 is 15.1 Å². The van der Waals surface area contributed by atoms with Gasteiger partial charge in [0.15, 0.2) is 0 Å². The summed E-state index contributed by atoms with van der Waals surface area (Å²) in [4.78, 5) is 31.3. The standard InChI is InChI=1S/C29H33ClN7OPS/c1-6-23(38)37-10-9-35(13-17(37)3)28-19-11-21(30)25(24-16(2)7-8-22-20(24)12-31-40-22)27(39)26(19)32-29(33-28)36-14-18(15-36)34(4)5/h6-8,11-12,17-18H,1,9-10,13-15,39H2,2-5H3/t17-/m1/s1. The van der Waals surface area contributed by atoms with E-state index in [9.17, 15) is 4.79 Å². The second-order valence-corrected chi connectivity index (χ2v) is 12.8. The van der Waals surface area contributed by atoms with E-state index in [0.717, 1.165) is 67.8 Å². The van der Waals surface area contributed by atoms with Gasteiger partial charge in [0.1, 0.15) is 5.82 Å². The second-order valence-electron chi connectivity index (χ2n) is 10.9. The van der Waals surface area contributed by atoms with E-state index in [1.165, 1.54) is 17.6 Å². The number of nitrogens with zero attached hydrogens (tertiary/aromatic N) is 7. The molecule has 0 N–H and O–H groups in total. The molecule has 0 saturated carbocycles. The number of hydrogen-bond donors (Lipinski definition) is 0. The Morgan fingerprint density at radius 2 is 1.93 bits per heavy atom. The van der Waals surface area contributed by atoms with Gasteiger partial charge in [0.25, 0.3) is 0 Å². The number of carbonyl (C=O) groups excluding carboxylic acids is 1. The fourth-order valence-electron chi connectivity index (χ4n) is 5.79. The lowest BCUT2D eigenvalue weighted by Crippen LogP contribution is -2.58. The quantitative estimate of drug-likeness (QED) is 0.252. The van der Waals surface area contributed by atoms with E-state index in [-0.39, 0.29) is 11.9 Å². The number of aryl methyl sites for hydroxylation is 1. The lowest BCUT2D eigenvalue weighted by molar-refractivity contribution is -0.128. The number of likely N-dealkylation sites (N-methyl/N-ethyl adjacent to an activating group) is 1. The molecule has 11 heteroatoms. The number of anilines is 2. The van der Waals surface area contributed by atoms with Crippen molar-refractivity contribution >= 4 is 76.3 Å². The minimum absolute atomic E-state index is 0.0198. The van der Waals surface area contributed by atoms with Crippen molar-refractivity contribution in [3.63, 3.8) is 0 Å². The summed E-state index contributed by atoms with van der Waals surface area (Å²) in [5.41, 5.74) is 4.06. The van der Waals surface area contributed by atoms with E-state index < -0.39 is 0 Å². The predicted octanol–water partition coefficient (Wildman–Crippen LogP) is 4.34. The van der Waals surface area contributed by atoms with Crippen molar-refractivity contribution in [2.24, 2.45) is 0 Å². The molecule has 1 unspecified atom stereocenters. The summed E-state index contributed by atoms with van der Waals surface area (Å²) in [5, 5.41) is 3.61. The van der Waals surface area contributed by atoms with Gasteiger partial charge in [-0.3, -0.25) is 4.79 Å². The van der Waals surface area contributed by atoms with Crippen LogP contribution in [-0.4, -0.2) is 89.0 Å². The number of fused-ring (bicyclic) bond motifs is 2. The van der Waals surface area contributed by atoms with Crippen LogP contribution in [0.2, 0.25) is 5.02 Å². The Labute approximate surface area is 246 Å². The van der Waals surface area contributed by atoms with Gasteiger partial charge in [-0.15, -0.1) is 9.24 Å². The van der Waals surface area contributed by atoms with Gasteiger partial charge >= 0.3 is 0 Å². The summed E-state index contributed by atoms with van der Waals surface area (Å²) in [7, 11) is 7.14.